The Labute approximate surface area is 165 Å². The smallest absolute Gasteiger partial charge is 0.257 e. The molecule has 28 heavy (non-hydrogen) atoms. The van der Waals surface area contributed by atoms with E-state index in [1.54, 1.807) is 25.6 Å². The van der Waals surface area contributed by atoms with Gasteiger partial charge in [-0.05, 0) is 37.3 Å². The van der Waals surface area contributed by atoms with Crippen molar-refractivity contribution in [2.75, 3.05) is 7.11 Å². The average Bonchev–Trinajstić information content (AvgIpc) is 2.71. The van der Waals surface area contributed by atoms with Crippen LogP contribution in [0.25, 0.3) is 0 Å². The first-order valence-electron chi connectivity index (χ1n) is 9.99. The van der Waals surface area contributed by atoms with Crippen LogP contribution < -0.4 is 10.7 Å². The van der Waals surface area contributed by atoms with E-state index in [-0.39, 0.29) is 23.5 Å². The Hall–Kier alpha value is -2.47. The third kappa shape index (κ3) is 4.87. The maximum atomic E-state index is 12.9. The van der Waals surface area contributed by atoms with Crippen molar-refractivity contribution in [3.05, 3.63) is 63.3 Å². The number of amides is 1. The van der Waals surface area contributed by atoms with Gasteiger partial charge in [-0.1, -0.05) is 25.3 Å². The molecule has 0 bridgehead atoms. The third-order valence-corrected chi connectivity index (χ3v) is 5.48. The molecule has 0 saturated heterocycles. The second-order valence-electron chi connectivity index (χ2n) is 7.56. The first-order valence-corrected chi connectivity index (χ1v) is 9.99. The predicted octanol–water partition coefficient (Wildman–Crippen LogP) is 3.21. The summed E-state index contributed by atoms with van der Waals surface area (Å²) in [6.45, 7) is 3.32. The van der Waals surface area contributed by atoms with Gasteiger partial charge in [-0.25, -0.2) is 0 Å². The van der Waals surface area contributed by atoms with Gasteiger partial charge >= 0.3 is 0 Å². The Bertz CT molecular complexity index is 855. The van der Waals surface area contributed by atoms with Crippen LogP contribution >= 0.6 is 0 Å². The van der Waals surface area contributed by atoms with Gasteiger partial charge < -0.3 is 14.6 Å². The molecule has 2 aromatic rings. The number of pyridine rings is 2. The summed E-state index contributed by atoms with van der Waals surface area (Å²) >= 11 is 0. The topological polar surface area (TPSA) is 73.2 Å². The number of aryl methyl sites for hydroxylation is 1. The van der Waals surface area contributed by atoms with E-state index in [1.807, 2.05) is 19.1 Å². The number of methoxy groups -OCH3 is 1. The molecule has 0 aromatic carbocycles. The maximum absolute atomic E-state index is 12.9. The summed E-state index contributed by atoms with van der Waals surface area (Å²) in [4.78, 5) is 29.6. The molecule has 0 atom stereocenters. The Morgan fingerprint density at radius 1 is 1.32 bits per heavy atom. The minimum absolute atomic E-state index is 0.187. The first kappa shape index (κ1) is 20.3. The second kappa shape index (κ2) is 9.64. The molecule has 1 amide bonds. The minimum atomic E-state index is -0.363. The zero-order chi connectivity index (χ0) is 19.9. The van der Waals surface area contributed by atoms with Gasteiger partial charge in [0.15, 0.2) is 5.43 Å². The quantitative estimate of drug-likeness (QED) is 0.797. The van der Waals surface area contributed by atoms with E-state index in [2.05, 4.69) is 14.9 Å². The van der Waals surface area contributed by atoms with E-state index in [9.17, 15) is 9.59 Å². The molecule has 1 saturated carbocycles. The van der Waals surface area contributed by atoms with E-state index in [1.165, 1.54) is 32.1 Å². The molecule has 1 aliphatic carbocycles. The zero-order valence-electron chi connectivity index (χ0n) is 16.7. The standard InChI is InChI=1S/C22H29N3O3/c1-16-11-20(26)21(22(27)24-13-18-9-6-10-23-12-18)19(15-28-2)25(16)14-17-7-4-3-5-8-17/h6,9-12,17H,3-5,7-8,13-15H2,1-2H3,(H,24,27). The molecule has 2 heterocycles. The predicted molar refractivity (Wildman–Crippen MR) is 108 cm³/mol. The van der Waals surface area contributed by atoms with Gasteiger partial charge in [0.1, 0.15) is 5.56 Å². The zero-order valence-corrected chi connectivity index (χ0v) is 16.7. The van der Waals surface area contributed by atoms with Crippen molar-refractivity contribution in [3.63, 3.8) is 0 Å². The van der Waals surface area contributed by atoms with Crippen LogP contribution in [-0.2, 0) is 24.4 Å². The molecule has 6 nitrogen and oxygen atoms in total. The third-order valence-electron chi connectivity index (χ3n) is 5.48. The van der Waals surface area contributed by atoms with Gasteiger partial charge in [0.2, 0.25) is 0 Å². The highest BCUT2D eigenvalue weighted by Crippen LogP contribution is 2.26. The van der Waals surface area contributed by atoms with Gasteiger partial charge in [-0.15, -0.1) is 0 Å². The van der Waals surface area contributed by atoms with Gasteiger partial charge in [-0.3, -0.25) is 14.6 Å². The molecule has 150 valence electrons. The fourth-order valence-electron chi connectivity index (χ4n) is 4.02. The highest BCUT2D eigenvalue weighted by atomic mass is 16.5. The molecule has 2 aromatic heterocycles. The van der Waals surface area contributed by atoms with Crippen LogP contribution in [0.1, 0.15) is 59.4 Å². The molecule has 0 aliphatic heterocycles. The van der Waals surface area contributed by atoms with E-state index in [0.29, 0.717) is 18.2 Å². The Balaban J connectivity index is 1.88. The Kier molecular flexibility index (Phi) is 6.98. The van der Waals surface area contributed by atoms with Gasteiger partial charge in [0, 0.05) is 44.4 Å². The van der Waals surface area contributed by atoms with Crippen LogP contribution in [0.5, 0.6) is 0 Å². The molecular formula is C22H29N3O3. The number of aromatic nitrogens is 2. The fraction of sp³-hybridized carbons (Fsp3) is 0.500. The number of hydrogen-bond acceptors (Lipinski definition) is 4. The van der Waals surface area contributed by atoms with Crippen molar-refractivity contribution in [3.8, 4) is 0 Å². The van der Waals surface area contributed by atoms with Gasteiger partial charge in [0.05, 0.1) is 12.3 Å². The molecule has 1 aliphatic rings. The summed E-state index contributed by atoms with van der Waals surface area (Å²) in [5.41, 5.74) is 2.37. The summed E-state index contributed by atoms with van der Waals surface area (Å²) in [5.74, 6) is 0.218. The normalized spacial score (nSPS) is 14.8. The van der Waals surface area contributed by atoms with Crippen LogP contribution in [0.4, 0.5) is 0 Å². The molecule has 0 unspecified atom stereocenters. The first-order chi connectivity index (χ1) is 13.6. The molecule has 0 radical (unpaired) electrons. The van der Waals surface area contributed by atoms with E-state index >= 15 is 0 Å². The Morgan fingerprint density at radius 3 is 2.79 bits per heavy atom. The van der Waals surface area contributed by atoms with Crippen molar-refractivity contribution in [1.82, 2.24) is 14.9 Å². The number of carbonyl (C=O) groups excluding carboxylic acids is 1. The number of hydrogen-bond donors (Lipinski definition) is 1. The number of rotatable bonds is 7. The lowest BCUT2D eigenvalue weighted by molar-refractivity contribution is 0.0941. The van der Waals surface area contributed by atoms with E-state index in [0.717, 1.165) is 17.8 Å². The molecule has 6 heteroatoms. The summed E-state index contributed by atoms with van der Waals surface area (Å²) < 4.78 is 7.48. The number of nitrogens with one attached hydrogen (secondary N) is 1. The van der Waals surface area contributed by atoms with E-state index in [4.69, 9.17) is 4.74 Å². The maximum Gasteiger partial charge on any atom is 0.257 e. The average molecular weight is 383 g/mol. The molecule has 1 fully saturated rings. The summed E-state index contributed by atoms with van der Waals surface area (Å²) in [6.07, 6.45) is 9.58. The van der Waals surface area contributed by atoms with E-state index < -0.39 is 0 Å². The molecule has 0 spiro atoms. The van der Waals surface area contributed by atoms with Crippen molar-refractivity contribution >= 4 is 5.91 Å². The Morgan fingerprint density at radius 2 is 2.11 bits per heavy atom. The van der Waals surface area contributed by atoms with Crippen molar-refractivity contribution < 1.29 is 9.53 Å². The monoisotopic (exact) mass is 383 g/mol. The van der Waals surface area contributed by atoms with Crippen LogP contribution in [0.2, 0.25) is 0 Å². The largest absolute Gasteiger partial charge is 0.378 e. The number of carbonyl (C=O) groups is 1. The molecule has 1 N–H and O–H groups in total. The highest BCUT2D eigenvalue weighted by Gasteiger charge is 2.22. The van der Waals surface area contributed by atoms with Gasteiger partial charge in [-0.2, -0.15) is 0 Å². The van der Waals surface area contributed by atoms with Crippen LogP contribution in [0.3, 0.4) is 0 Å². The summed E-state index contributed by atoms with van der Waals surface area (Å²) in [7, 11) is 1.59. The van der Waals surface area contributed by atoms with Crippen molar-refractivity contribution in [2.24, 2.45) is 5.92 Å². The fourth-order valence-corrected chi connectivity index (χ4v) is 4.02. The molecular weight excluding hydrogens is 354 g/mol. The molecule has 3 rings (SSSR count). The number of nitrogens with zero attached hydrogens (tertiary/aromatic N) is 2. The summed E-state index contributed by atoms with van der Waals surface area (Å²) in [6, 6.07) is 5.28. The van der Waals surface area contributed by atoms with Crippen molar-refractivity contribution in [1.29, 1.82) is 0 Å². The summed E-state index contributed by atoms with van der Waals surface area (Å²) in [5, 5.41) is 2.86. The SMILES string of the molecule is COCc1c(C(=O)NCc2cccnc2)c(=O)cc(C)n1CC1CCCCC1. The highest BCUT2D eigenvalue weighted by molar-refractivity contribution is 5.95. The second-order valence-corrected chi connectivity index (χ2v) is 7.56. The van der Waals surface area contributed by atoms with Crippen LogP contribution in [0, 0.1) is 12.8 Å². The van der Waals surface area contributed by atoms with Crippen LogP contribution in [0.15, 0.2) is 35.4 Å². The van der Waals surface area contributed by atoms with Crippen molar-refractivity contribution in [2.45, 2.75) is 58.7 Å². The minimum Gasteiger partial charge on any atom is -0.378 e. The van der Waals surface area contributed by atoms with Gasteiger partial charge in [0.25, 0.3) is 5.91 Å². The lowest BCUT2D eigenvalue weighted by Crippen LogP contribution is -2.33. The lowest BCUT2D eigenvalue weighted by atomic mass is 9.89. The lowest BCUT2D eigenvalue weighted by Gasteiger charge is -2.27. The van der Waals surface area contributed by atoms with Crippen LogP contribution in [-0.4, -0.2) is 22.6 Å². The number of ether oxygens (including phenoxy) is 1.